The Labute approximate surface area is 259 Å². The zero-order valence-corrected chi connectivity index (χ0v) is 26.5. The summed E-state index contributed by atoms with van der Waals surface area (Å²) in [6.07, 6.45) is 4.72. The Morgan fingerprint density at radius 3 is 2.18 bits per heavy atom. The van der Waals surface area contributed by atoms with E-state index >= 15 is 0 Å². The van der Waals surface area contributed by atoms with E-state index in [1.54, 1.807) is 38.1 Å². The van der Waals surface area contributed by atoms with Gasteiger partial charge in [0.15, 0.2) is 0 Å². The standard InChI is InChI=1S/C36H44O8/c1-7-32(37)41-20-10-8-12-26-14-15-28-22-31(27-16-18-29(19-17-27)43-34(38)24(4)5)36(40)44-33(28)30(26)13-9-11-21-42-35(39)25(6)23(2)3/h14-19,22-23,25H,4,7-13,20-21H2,1-3,5-6H3. The number of carbonyl (C=O) groups is 3. The summed E-state index contributed by atoms with van der Waals surface area (Å²) in [6.45, 7) is 13.5. The van der Waals surface area contributed by atoms with Crippen LogP contribution >= 0.6 is 0 Å². The van der Waals surface area contributed by atoms with Gasteiger partial charge in [-0.25, -0.2) is 9.59 Å². The first kappa shape index (κ1) is 34.3. The molecular formula is C36H44O8. The quantitative estimate of drug-likeness (QED) is 0.0548. The molecule has 1 heterocycles. The molecule has 0 spiro atoms. The Hall–Kier alpha value is -4.20. The Kier molecular flexibility index (Phi) is 12.9. The van der Waals surface area contributed by atoms with Gasteiger partial charge in [-0.05, 0) is 86.3 Å². The number of rotatable bonds is 16. The Bertz CT molecular complexity index is 1510. The maximum absolute atomic E-state index is 13.2. The molecule has 0 aliphatic rings. The van der Waals surface area contributed by atoms with E-state index in [1.165, 1.54) is 0 Å². The monoisotopic (exact) mass is 604 g/mol. The van der Waals surface area contributed by atoms with Crippen LogP contribution in [-0.4, -0.2) is 31.1 Å². The van der Waals surface area contributed by atoms with Crippen molar-refractivity contribution in [2.45, 2.75) is 79.6 Å². The molecule has 3 aromatic rings. The predicted molar refractivity (Wildman–Crippen MR) is 170 cm³/mol. The molecule has 0 bridgehead atoms. The fourth-order valence-corrected chi connectivity index (χ4v) is 4.57. The normalized spacial score (nSPS) is 11.8. The summed E-state index contributed by atoms with van der Waals surface area (Å²) in [6, 6.07) is 12.5. The van der Waals surface area contributed by atoms with Crippen LogP contribution in [0.5, 0.6) is 5.75 Å². The van der Waals surface area contributed by atoms with Gasteiger partial charge in [0, 0.05) is 17.4 Å². The highest BCUT2D eigenvalue weighted by atomic mass is 16.5. The lowest BCUT2D eigenvalue weighted by atomic mass is 9.94. The number of aryl methyl sites for hydroxylation is 2. The van der Waals surface area contributed by atoms with Gasteiger partial charge in [0.1, 0.15) is 11.3 Å². The molecule has 1 unspecified atom stereocenters. The van der Waals surface area contributed by atoms with Crippen LogP contribution in [0.1, 0.15) is 77.8 Å². The molecule has 0 N–H and O–H groups in total. The molecule has 2 aromatic carbocycles. The molecule has 0 aliphatic carbocycles. The molecule has 0 radical (unpaired) electrons. The maximum atomic E-state index is 13.2. The first-order chi connectivity index (χ1) is 21.0. The fourth-order valence-electron chi connectivity index (χ4n) is 4.57. The summed E-state index contributed by atoms with van der Waals surface area (Å²) >= 11 is 0. The number of unbranched alkanes of at least 4 members (excludes halogenated alkanes) is 2. The molecule has 0 fully saturated rings. The van der Waals surface area contributed by atoms with E-state index in [-0.39, 0.29) is 23.8 Å². The summed E-state index contributed by atoms with van der Waals surface area (Å²) in [5.41, 5.74) is 3.45. The van der Waals surface area contributed by atoms with Gasteiger partial charge in [-0.3, -0.25) is 9.59 Å². The van der Waals surface area contributed by atoms with Gasteiger partial charge in [0.2, 0.25) is 0 Å². The fraction of sp³-hybridized carbons (Fsp3) is 0.444. The second-order valence-electron chi connectivity index (χ2n) is 11.5. The second kappa shape index (κ2) is 16.6. The molecule has 1 aromatic heterocycles. The molecule has 44 heavy (non-hydrogen) atoms. The third kappa shape index (κ3) is 9.66. The molecule has 0 aliphatic heterocycles. The van der Waals surface area contributed by atoms with Crippen LogP contribution in [-0.2, 0) is 36.7 Å². The molecule has 3 rings (SSSR count). The molecule has 0 amide bonds. The number of ether oxygens (including phenoxy) is 3. The molecule has 0 saturated heterocycles. The SMILES string of the molecule is C=C(C)C(=O)Oc1ccc(-c2cc3ccc(CCCCOC(=O)CC)c(CCCCOC(=O)C(C)C(C)C)c3oc2=O)cc1. The minimum absolute atomic E-state index is 0.151. The summed E-state index contributed by atoms with van der Waals surface area (Å²) < 4.78 is 21.9. The smallest absolute Gasteiger partial charge is 0.344 e. The molecule has 8 heteroatoms. The topological polar surface area (TPSA) is 109 Å². The van der Waals surface area contributed by atoms with Crippen LogP contribution in [0.25, 0.3) is 22.1 Å². The van der Waals surface area contributed by atoms with Crippen molar-refractivity contribution in [1.82, 2.24) is 0 Å². The zero-order chi connectivity index (χ0) is 32.2. The molecule has 0 saturated carbocycles. The van der Waals surface area contributed by atoms with E-state index in [9.17, 15) is 19.2 Å². The van der Waals surface area contributed by atoms with E-state index in [2.05, 4.69) is 12.6 Å². The van der Waals surface area contributed by atoms with Crippen LogP contribution < -0.4 is 10.4 Å². The number of fused-ring (bicyclic) bond motifs is 1. The third-order valence-corrected chi connectivity index (χ3v) is 7.66. The average Bonchev–Trinajstić information content (AvgIpc) is 3.00. The Morgan fingerprint density at radius 2 is 1.55 bits per heavy atom. The lowest BCUT2D eigenvalue weighted by molar-refractivity contribution is -0.149. The van der Waals surface area contributed by atoms with Gasteiger partial charge < -0.3 is 18.6 Å². The van der Waals surface area contributed by atoms with E-state index < -0.39 is 11.6 Å². The van der Waals surface area contributed by atoms with Crippen molar-refractivity contribution in [1.29, 1.82) is 0 Å². The van der Waals surface area contributed by atoms with Crippen LogP contribution in [0.3, 0.4) is 0 Å². The van der Waals surface area contributed by atoms with Crippen molar-refractivity contribution in [2.24, 2.45) is 11.8 Å². The highest BCUT2D eigenvalue weighted by molar-refractivity contribution is 5.89. The van der Waals surface area contributed by atoms with Gasteiger partial charge in [-0.15, -0.1) is 0 Å². The summed E-state index contributed by atoms with van der Waals surface area (Å²) in [7, 11) is 0. The predicted octanol–water partition coefficient (Wildman–Crippen LogP) is 7.38. The van der Waals surface area contributed by atoms with Crippen LogP contribution in [0.2, 0.25) is 0 Å². The van der Waals surface area contributed by atoms with Crippen LogP contribution in [0, 0.1) is 11.8 Å². The zero-order valence-electron chi connectivity index (χ0n) is 26.5. The highest BCUT2D eigenvalue weighted by Crippen LogP contribution is 2.29. The number of benzene rings is 2. The largest absolute Gasteiger partial charge is 0.466 e. The summed E-state index contributed by atoms with van der Waals surface area (Å²) in [5, 5.41) is 0.796. The van der Waals surface area contributed by atoms with Gasteiger partial charge in [-0.2, -0.15) is 0 Å². The average molecular weight is 605 g/mol. The Balaban J connectivity index is 1.81. The van der Waals surface area contributed by atoms with Gasteiger partial charge >= 0.3 is 23.5 Å². The maximum Gasteiger partial charge on any atom is 0.344 e. The third-order valence-electron chi connectivity index (χ3n) is 7.66. The molecule has 8 nitrogen and oxygen atoms in total. The minimum Gasteiger partial charge on any atom is -0.466 e. The highest BCUT2D eigenvalue weighted by Gasteiger charge is 2.18. The lowest BCUT2D eigenvalue weighted by Crippen LogP contribution is -2.20. The van der Waals surface area contributed by atoms with Crippen molar-refractivity contribution in [3.63, 3.8) is 0 Å². The van der Waals surface area contributed by atoms with Crippen molar-refractivity contribution in [3.05, 3.63) is 76.2 Å². The minimum atomic E-state index is -0.517. The second-order valence-corrected chi connectivity index (χ2v) is 11.5. The molecular weight excluding hydrogens is 560 g/mol. The first-order valence-corrected chi connectivity index (χ1v) is 15.4. The van der Waals surface area contributed by atoms with Crippen molar-refractivity contribution in [3.8, 4) is 16.9 Å². The van der Waals surface area contributed by atoms with E-state index in [4.69, 9.17) is 18.6 Å². The van der Waals surface area contributed by atoms with E-state index in [0.29, 0.717) is 60.5 Å². The summed E-state index contributed by atoms with van der Waals surface area (Å²) in [5.74, 6) is -0.488. The van der Waals surface area contributed by atoms with Gasteiger partial charge in [0.05, 0.1) is 24.7 Å². The van der Waals surface area contributed by atoms with E-state index in [0.717, 1.165) is 42.2 Å². The van der Waals surface area contributed by atoms with E-state index in [1.807, 2.05) is 32.9 Å². The van der Waals surface area contributed by atoms with Crippen molar-refractivity contribution in [2.75, 3.05) is 13.2 Å². The number of hydrogen-bond acceptors (Lipinski definition) is 8. The van der Waals surface area contributed by atoms with Crippen molar-refractivity contribution >= 4 is 28.9 Å². The molecule has 1 atom stereocenters. The van der Waals surface area contributed by atoms with Gasteiger partial charge in [0.25, 0.3) is 0 Å². The number of carbonyl (C=O) groups excluding carboxylic acids is 3. The summed E-state index contributed by atoms with van der Waals surface area (Å²) in [4.78, 5) is 48.8. The van der Waals surface area contributed by atoms with Crippen molar-refractivity contribution < 1.29 is 33.0 Å². The molecule has 236 valence electrons. The Morgan fingerprint density at radius 1 is 0.886 bits per heavy atom. The lowest BCUT2D eigenvalue weighted by Gasteiger charge is -2.15. The van der Waals surface area contributed by atoms with Crippen LogP contribution in [0.15, 0.2) is 63.8 Å². The first-order valence-electron chi connectivity index (χ1n) is 15.4. The number of hydrogen-bond donors (Lipinski definition) is 0. The number of esters is 3. The van der Waals surface area contributed by atoms with Gasteiger partial charge in [-0.1, -0.05) is 58.5 Å². The van der Waals surface area contributed by atoms with Crippen LogP contribution in [0.4, 0.5) is 0 Å².